The predicted molar refractivity (Wildman–Crippen MR) is 85.9 cm³/mol. The summed E-state index contributed by atoms with van der Waals surface area (Å²) in [6.45, 7) is 9.84. The second-order valence-corrected chi connectivity index (χ2v) is 5.47. The largest absolute Gasteiger partial charge is 0.370 e. The van der Waals surface area contributed by atoms with Crippen LogP contribution in [-0.4, -0.2) is 30.5 Å². The van der Waals surface area contributed by atoms with Crippen molar-refractivity contribution in [2.45, 2.75) is 46.5 Å². The molecule has 0 aromatic heterocycles. The minimum absolute atomic E-state index is 0. The van der Waals surface area contributed by atoms with Crippen molar-refractivity contribution < 1.29 is 0 Å². The van der Waals surface area contributed by atoms with Gasteiger partial charge in [-0.15, -0.1) is 24.0 Å². The van der Waals surface area contributed by atoms with Crippen molar-refractivity contribution in [1.82, 2.24) is 4.90 Å². The van der Waals surface area contributed by atoms with Crippen LogP contribution in [-0.2, 0) is 0 Å². The van der Waals surface area contributed by atoms with Crippen molar-refractivity contribution in [1.29, 1.82) is 0 Å². The van der Waals surface area contributed by atoms with E-state index in [0.717, 1.165) is 43.9 Å². The van der Waals surface area contributed by atoms with Crippen molar-refractivity contribution in [3.05, 3.63) is 0 Å². The second-order valence-electron chi connectivity index (χ2n) is 5.47. The SMILES string of the molecule is CC(C)CCCN=C(N)N1CCCC(C)C1.I. The Morgan fingerprint density at radius 2 is 2.18 bits per heavy atom. The van der Waals surface area contributed by atoms with E-state index in [2.05, 4.69) is 30.7 Å². The molecule has 0 aromatic carbocycles. The van der Waals surface area contributed by atoms with E-state index in [4.69, 9.17) is 5.73 Å². The van der Waals surface area contributed by atoms with Gasteiger partial charge in [-0.1, -0.05) is 20.8 Å². The van der Waals surface area contributed by atoms with Gasteiger partial charge in [-0.25, -0.2) is 0 Å². The third kappa shape index (κ3) is 7.11. The van der Waals surface area contributed by atoms with Crippen molar-refractivity contribution in [2.75, 3.05) is 19.6 Å². The summed E-state index contributed by atoms with van der Waals surface area (Å²) in [6.07, 6.45) is 4.98. The van der Waals surface area contributed by atoms with E-state index < -0.39 is 0 Å². The summed E-state index contributed by atoms with van der Waals surface area (Å²) in [5, 5.41) is 0. The molecule has 1 aliphatic heterocycles. The van der Waals surface area contributed by atoms with Crippen LogP contribution in [0.25, 0.3) is 0 Å². The lowest BCUT2D eigenvalue weighted by Crippen LogP contribution is -2.43. The van der Waals surface area contributed by atoms with E-state index in [1.165, 1.54) is 19.3 Å². The number of hydrogen-bond acceptors (Lipinski definition) is 1. The normalized spacial score (nSPS) is 21.5. The number of hydrogen-bond donors (Lipinski definition) is 1. The van der Waals surface area contributed by atoms with Crippen LogP contribution in [0.15, 0.2) is 4.99 Å². The fraction of sp³-hybridized carbons (Fsp3) is 0.923. The van der Waals surface area contributed by atoms with Crippen molar-refractivity contribution in [3.63, 3.8) is 0 Å². The summed E-state index contributed by atoms with van der Waals surface area (Å²) in [5.41, 5.74) is 6.00. The Labute approximate surface area is 123 Å². The van der Waals surface area contributed by atoms with Gasteiger partial charge in [0.15, 0.2) is 5.96 Å². The van der Waals surface area contributed by atoms with Gasteiger partial charge in [0.2, 0.25) is 0 Å². The maximum atomic E-state index is 6.00. The minimum Gasteiger partial charge on any atom is -0.370 e. The molecular weight excluding hydrogens is 325 g/mol. The molecule has 3 nitrogen and oxygen atoms in total. The summed E-state index contributed by atoms with van der Waals surface area (Å²) in [4.78, 5) is 6.71. The van der Waals surface area contributed by atoms with E-state index >= 15 is 0 Å². The van der Waals surface area contributed by atoms with Gasteiger partial charge in [0.25, 0.3) is 0 Å². The highest BCUT2D eigenvalue weighted by Crippen LogP contribution is 2.14. The van der Waals surface area contributed by atoms with E-state index in [-0.39, 0.29) is 24.0 Å². The topological polar surface area (TPSA) is 41.6 Å². The molecule has 1 unspecified atom stereocenters. The number of nitrogens with zero attached hydrogens (tertiary/aromatic N) is 2. The molecule has 0 radical (unpaired) electrons. The van der Waals surface area contributed by atoms with Crippen LogP contribution in [0.1, 0.15) is 46.5 Å². The van der Waals surface area contributed by atoms with Gasteiger partial charge < -0.3 is 10.6 Å². The van der Waals surface area contributed by atoms with E-state index in [1.807, 2.05) is 0 Å². The van der Waals surface area contributed by atoms with Crippen LogP contribution >= 0.6 is 24.0 Å². The van der Waals surface area contributed by atoms with Crippen LogP contribution in [0.4, 0.5) is 0 Å². The minimum atomic E-state index is 0. The fourth-order valence-electron chi connectivity index (χ4n) is 2.19. The predicted octanol–water partition coefficient (Wildman–Crippen LogP) is 3.09. The summed E-state index contributed by atoms with van der Waals surface area (Å²) >= 11 is 0. The number of halogens is 1. The summed E-state index contributed by atoms with van der Waals surface area (Å²) in [5.74, 6) is 2.29. The average Bonchev–Trinajstić information content (AvgIpc) is 2.24. The van der Waals surface area contributed by atoms with Crippen molar-refractivity contribution >= 4 is 29.9 Å². The maximum absolute atomic E-state index is 6.00. The molecule has 0 saturated carbocycles. The smallest absolute Gasteiger partial charge is 0.191 e. The fourth-order valence-corrected chi connectivity index (χ4v) is 2.19. The number of guanidine groups is 1. The molecule has 4 heteroatoms. The third-order valence-electron chi connectivity index (χ3n) is 3.19. The highest BCUT2D eigenvalue weighted by atomic mass is 127. The van der Waals surface area contributed by atoms with Crippen LogP contribution in [0.5, 0.6) is 0 Å². The monoisotopic (exact) mass is 353 g/mol. The zero-order valence-electron chi connectivity index (χ0n) is 11.5. The van der Waals surface area contributed by atoms with Gasteiger partial charge in [0.1, 0.15) is 0 Å². The van der Waals surface area contributed by atoms with Gasteiger partial charge in [-0.2, -0.15) is 0 Å². The summed E-state index contributed by atoms with van der Waals surface area (Å²) < 4.78 is 0. The molecule has 1 aliphatic rings. The average molecular weight is 353 g/mol. The second kappa shape index (κ2) is 9.00. The first-order chi connectivity index (χ1) is 7.59. The highest BCUT2D eigenvalue weighted by molar-refractivity contribution is 14.0. The first-order valence-electron chi connectivity index (χ1n) is 6.64. The van der Waals surface area contributed by atoms with Crippen LogP contribution in [0, 0.1) is 11.8 Å². The molecular formula is C13H28IN3. The quantitative estimate of drug-likeness (QED) is 0.365. The van der Waals surface area contributed by atoms with Crippen molar-refractivity contribution in [2.24, 2.45) is 22.6 Å². The zero-order chi connectivity index (χ0) is 12.0. The lowest BCUT2D eigenvalue weighted by atomic mass is 10.0. The Balaban J connectivity index is 0.00000256. The standard InChI is InChI=1S/C13H27N3.HI/c1-11(2)6-4-8-15-13(14)16-9-5-7-12(3)10-16;/h11-12H,4-10H2,1-3H3,(H2,14,15);1H. The molecule has 0 spiro atoms. The molecule has 0 aliphatic carbocycles. The molecule has 2 N–H and O–H groups in total. The third-order valence-corrected chi connectivity index (χ3v) is 3.19. The van der Waals surface area contributed by atoms with Gasteiger partial charge in [-0.05, 0) is 37.5 Å². The molecule has 0 bridgehead atoms. The van der Waals surface area contributed by atoms with Crippen LogP contribution < -0.4 is 5.73 Å². The molecule has 1 saturated heterocycles. The Kier molecular flexibility index (Phi) is 9.00. The maximum Gasteiger partial charge on any atom is 0.191 e. The number of nitrogens with two attached hydrogens (primary N) is 1. The molecule has 0 aromatic rings. The number of aliphatic imine (C=N–C) groups is 1. The van der Waals surface area contributed by atoms with Gasteiger partial charge in [0, 0.05) is 19.6 Å². The van der Waals surface area contributed by atoms with Crippen molar-refractivity contribution in [3.8, 4) is 0 Å². The lowest BCUT2D eigenvalue weighted by Gasteiger charge is -2.31. The Bertz CT molecular complexity index is 229. The van der Waals surface area contributed by atoms with Gasteiger partial charge >= 0.3 is 0 Å². The first kappa shape index (κ1) is 17.0. The molecule has 102 valence electrons. The van der Waals surface area contributed by atoms with Gasteiger partial charge in [-0.3, -0.25) is 4.99 Å². The van der Waals surface area contributed by atoms with E-state index in [0.29, 0.717) is 0 Å². The lowest BCUT2D eigenvalue weighted by molar-refractivity contribution is 0.270. The molecule has 1 rings (SSSR count). The zero-order valence-corrected chi connectivity index (χ0v) is 13.8. The molecule has 0 amide bonds. The summed E-state index contributed by atoms with van der Waals surface area (Å²) in [6, 6.07) is 0. The molecule has 1 fully saturated rings. The number of rotatable bonds is 4. The first-order valence-corrected chi connectivity index (χ1v) is 6.64. The number of piperidine rings is 1. The van der Waals surface area contributed by atoms with E-state index in [1.54, 1.807) is 0 Å². The van der Waals surface area contributed by atoms with Crippen LogP contribution in [0.2, 0.25) is 0 Å². The Hall–Kier alpha value is 0. The summed E-state index contributed by atoms with van der Waals surface area (Å²) in [7, 11) is 0. The van der Waals surface area contributed by atoms with Gasteiger partial charge in [0.05, 0.1) is 0 Å². The molecule has 1 atom stereocenters. The molecule has 17 heavy (non-hydrogen) atoms. The Morgan fingerprint density at radius 3 is 2.76 bits per heavy atom. The van der Waals surface area contributed by atoms with E-state index in [9.17, 15) is 0 Å². The number of likely N-dealkylation sites (tertiary alicyclic amines) is 1. The van der Waals surface area contributed by atoms with Crippen LogP contribution in [0.3, 0.4) is 0 Å². The highest BCUT2D eigenvalue weighted by Gasteiger charge is 2.17. The Morgan fingerprint density at radius 1 is 1.47 bits per heavy atom. The molecule has 1 heterocycles.